The van der Waals surface area contributed by atoms with Crippen molar-refractivity contribution in [3.63, 3.8) is 0 Å². The number of carbonyl (C=O) groups excluding carboxylic acids is 1. The van der Waals surface area contributed by atoms with Crippen molar-refractivity contribution in [1.82, 2.24) is 5.32 Å². The molecule has 1 saturated carbocycles. The van der Waals surface area contributed by atoms with Crippen LogP contribution in [0.25, 0.3) is 0 Å². The van der Waals surface area contributed by atoms with Gasteiger partial charge in [0.25, 0.3) is 0 Å². The van der Waals surface area contributed by atoms with Gasteiger partial charge in [0.2, 0.25) is 5.91 Å². The van der Waals surface area contributed by atoms with Gasteiger partial charge in [0.15, 0.2) is 0 Å². The van der Waals surface area contributed by atoms with Gasteiger partial charge in [-0.3, -0.25) is 9.59 Å². The molecule has 120 valence electrons. The van der Waals surface area contributed by atoms with Gasteiger partial charge in [-0.15, -0.1) is 0 Å². The predicted octanol–water partition coefficient (Wildman–Crippen LogP) is 2.93. The number of rotatable bonds is 6. The maximum Gasteiger partial charge on any atom is 0.305 e. The summed E-state index contributed by atoms with van der Waals surface area (Å²) in [6, 6.07) is 6.19. The lowest BCUT2D eigenvalue weighted by Gasteiger charge is -2.33. The molecule has 0 saturated heterocycles. The second-order valence-corrected chi connectivity index (χ2v) is 6.63. The van der Waals surface area contributed by atoms with Crippen LogP contribution in [0.2, 0.25) is 0 Å². The Labute approximate surface area is 129 Å². The third-order valence-corrected chi connectivity index (χ3v) is 4.63. The monoisotopic (exact) mass is 307 g/mol. The quantitative estimate of drug-likeness (QED) is 0.849. The standard InChI is InChI=1S/C17H22FNO3/c1-10(2)17(3,9-15(20)21)19-16(22)14-8-13(14)11-4-6-12(18)7-5-11/h4-7,10,13-14H,8-9H2,1-3H3,(H,19,22)(H,20,21). The number of carboxylic acids is 1. The molecule has 4 nitrogen and oxygen atoms in total. The largest absolute Gasteiger partial charge is 0.481 e. The first-order chi connectivity index (χ1) is 10.2. The van der Waals surface area contributed by atoms with E-state index in [4.69, 9.17) is 5.11 Å². The van der Waals surface area contributed by atoms with E-state index in [1.54, 1.807) is 19.1 Å². The van der Waals surface area contributed by atoms with E-state index in [1.807, 2.05) is 13.8 Å². The molecule has 3 atom stereocenters. The molecule has 5 heteroatoms. The van der Waals surface area contributed by atoms with Crippen LogP contribution in [0.5, 0.6) is 0 Å². The van der Waals surface area contributed by atoms with E-state index >= 15 is 0 Å². The summed E-state index contributed by atoms with van der Waals surface area (Å²) in [4.78, 5) is 23.4. The van der Waals surface area contributed by atoms with Crippen molar-refractivity contribution in [3.05, 3.63) is 35.6 Å². The van der Waals surface area contributed by atoms with Crippen molar-refractivity contribution in [2.24, 2.45) is 11.8 Å². The zero-order valence-electron chi connectivity index (χ0n) is 13.1. The van der Waals surface area contributed by atoms with Crippen LogP contribution in [0.3, 0.4) is 0 Å². The Bertz CT molecular complexity index is 570. The first kappa shape index (κ1) is 16.5. The van der Waals surface area contributed by atoms with Crippen LogP contribution < -0.4 is 5.32 Å². The number of carboxylic acid groups (broad SMARTS) is 1. The first-order valence-corrected chi connectivity index (χ1v) is 7.52. The van der Waals surface area contributed by atoms with Crippen molar-refractivity contribution in [3.8, 4) is 0 Å². The number of hydrogen-bond acceptors (Lipinski definition) is 2. The lowest BCUT2D eigenvalue weighted by molar-refractivity contribution is -0.139. The second-order valence-electron chi connectivity index (χ2n) is 6.63. The maximum absolute atomic E-state index is 12.9. The van der Waals surface area contributed by atoms with E-state index < -0.39 is 11.5 Å². The molecular formula is C17H22FNO3. The van der Waals surface area contributed by atoms with Crippen LogP contribution in [0.4, 0.5) is 4.39 Å². The Kier molecular flexibility index (Phi) is 4.54. The van der Waals surface area contributed by atoms with Crippen LogP contribution in [0.15, 0.2) is 24.3 Å². The molecule has 0 bridgehead atoms. The lowest BCUT2D eigenvalue weighted by atomic mass is 9.85. The molecule has 1 aromatic carbocycles. The average Bonchev–Trinajstić information content (AvgIpc) is 3.18. The molecule has 2 N–H and O–H groups in total. The van der Waals surface area contributed by atoms with E-state index in [0.29, 0.717) is 0 Å². The normalized spacial score (nSPS) is 23.0. The first-order valence-electron chi connectivity index (χ1n) is 7.52. The highest BCUT2D eigenvalue weighted by molar-refractivity contribution is 5.84. The molecule has 0 aromatic heterocycles. The zero-order valence-corrected chi connectivity index (χ0v) is 13.1. The Morgan fingerprint density at radius 1 is 1.36 bits per heavy atom. The Hall–Kier alpha value is -1.91. The molecule has 0 spiro atoms. The van der Waals surface area contributed by atoms with Crippen LogP contribution >= 0.6 is 0 Å². The highest BCUT2D eigenvalue weighted by Crippen LogP contribution is 2.48. The van der Waals surface area contributed by atoms with E-state index in [-0.39, 0.29) is 35.9 Å². The molecule has 0 aliphatic heterocycles. The SMILES string of the molecule is CC(C)C(C)(CC(=O)O)NC(=O)C1CC1c1ccc(F)cc1. The Balaban J connectivity index is 2.01. The van der Waals surface area contributed by atoms with Crippen molar-refractivity contribution >= 4 is 11.9 Å². The fraction of sp³-hybridized carbons (Fsp3) is 0.529. The summed E-state index contributed by atoms with van der Waals surface area (Å²) in [6.45, 7) is 5.56. The van der Waals surface area contributed by atoms with E-state index in [1.165, 1.54) is 12.1 Å². The van der Waals surface area contributed by atoms with Gasteiger partial charge in [0, 0.05) is 11.5 Å². The van der Waals surface area contributed by atoms with E-state index in [2.05, 4.69) is 5.32 Å². The second kappa shape index (κ2) is 6.07. The van der Waals surface area contributed by atoms with Crippen LogP contribution in [0.1, 0.15) is 45.1 Å². The fourth-order valence-corrected chi connectivity index (χ4v) is 2.64. The third kappa shape index (κ3) is 3.64. The van der Waals surface area contributed by atoms with Gasteiger partial charge in [-0.25, -0.2) is 4.39 Å². The van der Waals surface area contributed by atoms with Crippen molar-refractivity contribution in [2.45, 2.75) is 45.1 Å². The summed E-state index contributed by atoms with van der Waals surface area (Å²) >= 11 is 0. The minimum Gasteiger partial charge on any atom is -0.481 e. The number of benzene rings is 1. The van der Waals surface area contributed by atoms with Crippen LogP contribution in [-0.4, -0.2) is 22.5 Å². The molecule has 1 aliphatic carbocycles. The average molecular weight is 307 g/mol. The van der Waals surface area contributed by atoms with Crippen LogP contribution in [-0.2, 0) is 9.59 Å². The fourth-order valence-electron chi connectivity index (χ4n) is 2.64. The summed E-state index contributed by atoms with van der Waals surface area (Å²) in [7, 11) is 0. The summed E-state index contributed by atoms with van der Waals surface area (Å²) < 4.78 is 12.9. The zero-order chi connectivity index (χ0) is 16.5. The summed E-state index contributed by atoms with van der Waals surface area (Å²) in [5.74, 6) is -1.39. The van der Waals surface area contributed by atoms with Crippen molar-refractivity contribution < 1.29 is 19.1 Å². The van der Waals surface area contributed by atoms with Crippen molar-refractivity contribution in [2.75, 3.05) is 0 Å². The maximum atomic E-state index is 12.9. The Morgan fingerprint density at radius 3 is 2.45 bits per heavy atom. The molecule has 3 unspecified atom stereocenters. The predicted molar refractivity (Wildman–Crippen MR) is 80.9 cm³/mol. The summed E-state index contributed by atoms with van der Waals surface area (Å²) in [5.41, 5.74) is 0.185. The van der Waals surface area contributed by atoms with E-state index in [9.17, 15) is 14.0 Å². The van der Waals surface area contributed by atoms with Gasteiger partial charge in [-0.2, -0.15) is 0 Å². The molecule has 0 radical (unpaired) electrons. The molecule has 1 aromatic rings. The van der Waals surface area contributed by atoms with Gasteiger partial charge in [0.1, 0.15) is 5.82 Å². The highest BCUT2D eigenvalue weighted by atomic mass is 19.1. The highest BCUT2D eigenvalue weighted by Gasteiger charge is 2.46. The van der Waals surface area contributed by atoms with Gasteiger partial charge in [-0.05, 0) is 42.9 Å². The molecule has 1 fully saturated rings. The van der Waals surface area contributed by atoms with Gasteiger partial charge in [0.05, 0.1) is 6.42 Å². The number of nitrogens with one attached hydrogen (secondary N) is 1. The molecule has 2 rings (SSSR count). The molecule has 1 aliphatic rings. The van der Waals surface area contributed by atoms with Gasteiger partial charge >= 0.3 is 5.97 Å². The minimum atomic E-state index is -0.928. The number of halogens is 1. The third-order valence-electron chi connectivity index (χ3n) is 4.63. The minimum absolute atomic E-state index is 0.00979. The number of aliphatic carboxylic acids is 1. The number of carbonyl (C=O) groups is 2. The number of amides is 1. The van der Waals surface area contributed by atoms with Gasteiger partial charge < -0.3 is 10.4 Å². The number of hydrogen-bond donors (Lipinski definition) is 2. The van der Waals surface area contributed by atoms with Gasteiger partial charge in [-0.1, -0.05) is 26.0 Å². The smallest absolute Gasteiger partial charge is 0.305 e. The molecular weight excluding hydrogens is 285 g/mol. The summed E-state index contributed by atoms with van der Waals surface area (Å²) in [5, 5.41) is 11.9. The molecule has 0 heterocycles. The van der Waals surface area contributed by atoms with E-state index in [0.717, 1.165) is 12.0 Å². The van der Waals surface area contributed by atoms with Crippen molar-refractivity contribution in [1.29, 1.82) is 0 Å². The molecule has 22 heavy (non-hydrogen) atoms. The molecule has 1 amide bonds. The lowest BCUT2D eigenvalue weighted by Crippen LogP contribution is -2.51. The summed E-state index contributed by atoms with van der Waals surface area (Å²) in [6.07, 6.45) is 0.614. The Morgan fingerprint density at radius 2 is 1.95 bits per heavy atom. The van der Waals surface area contributed by atoms with Crippen LogP contribution in [0, 0.1) is 17.7 Å². The topological polar surface area (TPSA) is 66.4 Å².